The number of ketones is 1. The number of rotatable bonds is 5. The van der Waals surface area contributed by atoms with Crippen molar-refractivity contribution in [3.8, 4) is 5.75 Å². The van der Waals surface area contributed by atoms with Crippen LogP contribution in [0.5, 0.6) is 5.75 Å². The lowest BCUT2D eigenvalue weighted by molar-refractivity contribution is -0.116. The average Bonchev–Trinajstić information content (AvgIpc) is 2.35. The van der Waals surface area contributed by atoms with Crippen molar-refractivity contribution < 1.29 is 19.1 Å². The van der Waals surface area contributed by atoms with Gasteiger partial charge in [-0.2, -0.15) is 0 Å². The number of aryl methyl sites for hydroxylation is 1. The summed E-state index contributed by atoms with van der Waals surface area (Å²) in [5.41, 5.74) is 0.966. The molecule has 116 valence electrons. The monoisotopic (exact) mass is 293 g/mol. The van der Waals surface area contributed by atoms with E-state index in [1.165, 1.54) is 7.11 Å². The predicted octanol–water partition coefficient (Wildman–Crippen LogP) is 3.56. The molecule has 0 bridgehead atoms. The average molecular weight is 293 g/mol. The molecule has 0 atom stereocenters. The Labute approximate surface area is 125 Å². The van der Waals surface area contributed by atoms with Gasteiger partial charge >= 0.3 is 6.09 Å². The molecular formula is C16H23NO4. The lowest BCUT2D eigenvalue weighted by atomic mass is 10.1. The highest BCUT2D eigenvalue weighted by atomic mass is 16.6. The molecule has 0 saturated heterocycles. The van der Waals surface area contributed by atoms with Crippen LogP contribution in [-0.4, -0.2) is 24.6 Å². The van der Waals surface area contributed by atoms with Gasteiger partial charge in [-0.3, -0.25) is 5.32 Å². The van der Waals surface area contributed by atoms with Gasteiger partial charge in [-0.15, -0.1) is 0 Å². The normalized spacial score (nSPS) is 10.9. The molecule has 5 heteroatoms. The van der Waals surface area contributed by atoms with Gasteiger partial charge in [0.15, 0.2) is 0 Å². The number of ether oxygens (including phenoxy) is 2. The van der Waals surface area contributed by atoms with Crippen LogP contribution in [0.2, 0.25) is 0 Å². The van der Waals surface area contributed by atoms with Crippen LogP contribution in [0.3, 0.4) is 0 Å². The smallest absolute Gasteiger partial charge is 0.412 e. The molecule has 1 N–H and O–H groups in total. The van der Waals surface area contributed by atoms with Crippen LogP contribution in [0.25, 0.3) is 0 Å². The summed E-state index contributed by atoms with van der Waals surface area (Å²) in [4.78, 5) is 22.8. The Balaban J connectivity index is 2.79. The van der Waals surface area contributed by atoms with Crippen molar-refractivity contribution in [2.24, 2.45) is 0 Å². The van der Waals surface area contributed by atoms with E-state index in [9.17, 15) is 9.59 Å². The van der Waals surface area contributed by atoms with Gasteiger partial charge in [0.1, 0.15) is 17.1 Å². The Bertz CT molecular complexity index is 517. The molecule has 0 aromatic heterocycles. The van der Waals surface area contributed by atoms with Crippen LogP contribution in [0.15, 0.2) is 18.2 Å². The molecule has 5 nitrogen and oxygen atoms in total. The molecule has 0 heterocycles. The molecule has 1 aromatic carbocycles. The molecule has 0 spiro atoms. The molecule has 21 heavy (non-hydrogen) atoms. The van der Waals surface area contributed by atoms with Gasteiger partial charge < -0.3 is 14.3 Å². The summed E-state index contributed by atoms with van der Waals surface area (Å²) in [7, 11) is 1.53. The number of carbonyl (C=O) groups excluding carboxylic acids is 2. The zero-order valence-electron chi connectivity index (χ0n) is 13.3. The third-order valence-corrected chi connectivity index (χ3v) is 2.67. The summed E-state index contributed by atoms with van der Waals surface area (Å²) >= 11 is 0. The SMILES string of the molecule is COc1cc(CCC(C)=O)ccc1NC(=O)OC(C)(C)C. The number of carbonyl (C=O) groups is 2. The van der Waals surface area contributed by atoms with Crippen molar-refractivity contribution >= 4 is 17.6 Å². The second kappa shape index (κ2) is 7.11. The van der Waals surface area contributed by atoms with E-state index in [-0.39, 0.29) is 5.78 Å². The highest BCUT2D eigenvalue weighted by molar-refractivity contribution is 5.87. The summed E-state index contributed by atoms with van der Waals surface area (Å²) in [6, 6.07) is 5.42. The number of anilines is 1. The van der Waals surface area contributed by atoms with E-state index >= 15 is 0 Å². The zero-order chi connectivity index (χ0) is 16.0. The lowest BCUT2D eigenvalue weighted by Gasteiger charge is -2.20. The van der Waals surface area contributed by atoms with Crippen molar-refractivity contribution in [2.45, 2.75) is 46.1 Å². The van der Waals surface area contributed by atoms with Gasteiger partial charge in [0.2, 0.25) is 0 Å². The number of Topliss-reactive ketones (excluding diaryl/α,β-unsaturated/α-hetero) is 1. The molecule has 1 amide bonds. The van der Waals surface area contributed by atoms with Crippen molar-refractivity contribution in [3.05, 3.63) is 23.8 Å². The van der Waals surface area contributed by atoms with Crippen LogP contribution < -0.4 is 10.1 Å². The quantitative estimate of drug-likeness (QED) is 0.901. The van der Waals surface area contributed by atoms with Crippen molar-refractivity contribution in [3.63, 3.8) is 0 Å². The lowest BCUT2D eigenvalue weighted by Crippen LogP contribution is -2.27. The maximum Gasteiger partial charge on any atom is 0.412 e. The highest BCUT2D eigenvalue weighted by Gasteiger charge is 2.17. The number of methoxy groups -OCH3 is 1. The van der Waals surface area contributed by atoms with E-state index in [0.29, 0.717) is 24.3 Å². The van der Waals surface area contributed by atoms with Gasteiger partial charge in [0.05, 0.1) is 12.8 Å². The third kappa shape index (κ3) is 6.29. The van der Waals surface area contributed by atoms with E-state index in [2.05, 4.69) is 5.32 Å². The van der Waals surface area contributed by atoms with Crippen molar-refractivity contribution in [1.29, 1.82) is 0 Å². The van der Waals surface area contributed by atoms with Gasteiger partial charge in [0.25, 0.3) is 0 Å². The van der Waals surface area contributed by atoms with E-state index in [0.717, 1.165) is 5.56 Å². The van der Waals surface area contributed by atoms with Crippen LogP contribution in [0.1, 0.15) is 39.7 Å². The van der Waals surface area contributed by atoms with Crippen LogP contribution >= 0.6 is 0 Å². The fraction of sp³-hybridized carbons (Fsp3) is 0.500. The Morgan fingerprint density at radius 2 is 1.90 bits per heavy atom. The third-order valence-electron chi connectivity index (χ3n) is 2.67. The fourth-order valence-corrected chi connectivity index (χ4v) is 1.73. The minimum atomic E-state index is -0.557. The molecule has 1 aromatic rings. The van der Waals surface area contributed by atoms with Crippen LogP contribution in [0, 0.1) is 0 Å². The first-order chi connectivity index (χ1) is 9.71. The predicted molar refractivity (Wildman–Crippen MR) is 81.9 cm³/mol. The summed E-state index contributed by atoms with van der Waals surface area (Å²) in [6.07, 6.45) is 0.609. The summed E-state index contributed by atoms with van der Waals surface area (Å²) in [5.74, 6) is 0.687. The van der Waals surface area contributed by atoms with Crippen LogP contribution in [0.4, 0.5) is 10.5 Å². The highest BCUT2D eigenvalue weighted by Crippen LogP contribution is 2.26. The molecule has 0 aliphatic rings. The minimum absolute atomic E-state index is 0.143. The number of amides is 1. The van der Waals surface area contributed by atoms with Gasteiger partial charge in [-0.05, 0) is 51.8 Å². The number of hydrogen-bond acceptors (Lipinski definition) is 4. The molecule has 0 saturated carbocycles. The molecular weight excluding hydrogens is 270 g/mol. The summed E-state index contributed by atoms with van der Waals surface area (Å²) in [6.45, 7) is 6.97. The summed E-state index contributed by atoms with van der Waals surface area (Å²) < 4.78 is 10.5. The van der Waals surface area contributed by atoms with Gasteiger partial charge in [-0.25, -0.2) is 4.79 Å². The van der Waals surface area contributed by atoms with Gasteiger partial charge in [-0.1, -0.05) is 6.07 Å². The Hall–Kier alpha value is -2.04. The second-order valence-electron chi connectivity index (χ2n) is 5.86. The maximum absolute atomic E-state index is 11.8. The minimum Gasteiger partial charge on any atom is -0.495 e. The Morgan fingerprint density at radius 3 is 2.43 bits per heavy atom. The molecule has 0 aliphatic carbocycles. The van der Waals surface area contributed by atoms with Crippen molar-refractivity contribution in [2.75, 3.05) is 12.4 Å². The fourth-order valence-electron chi connectivity index (χ4n) is 1.73. The topological polar surface area (TPSA) is 64.6 Å². The molecule has 0 unspecified atom stereocenters. The first-order valence-corrected chi connectivity index (χ1v) is 6.87. The molecule has 0 radical (unpaired) electrons. The Kier molecular flexibility index (Phi) is 5.76. The van der Waals surface area contributed by atoms with E-state index in [1.807, 2.05) is 12.1 Å². The molecule has 0 fully saturated rings. The van der Waals surface area contributed by atoms with Crippen molar-refractivity contribution in [1.82, 2.24) is 0 Å². The maximum atomic E-state index is 11.8. The second-order valence-corrected chi connectivity index (χ2v) is 5.86. The Morgan fingerprint density at radius 1 is 1.24 bits per heavy atom. The number of nitrogens with one attached hydrogen (secondary N) is 1. The number of hydrogen-bond donors (Lipinski definition) is 1. The van der Waals surface area contributed by atoms with E-state index < -0.39 is 11.7 Å². The zero-order valence-corrected chi connectivity index (χ0v) is 13.3. The van der Waals surface area contributed by atoms with E-state index in [4.69, 9.17) is 9.47 Å². The molecule has 1 rings (SSSR count). The largest absolute Gasteiger partial charge is 0.495 e. The first-order valence-electron chi connectivity index (χ1n) is 6.87. The van der Waals surface area contributed by atoms with Gasteiger partial charge in [0, 0.05) is 6.42 Å². The van der Waals surface area contributed by atoms with Crippen LogP contribution in [-0.2, 0) is 16.0 Å². The van der Waals surface area contributed by atoms with E-state index in [1.54, 1.807) is 33.8 Å². The number of benzene rings is 1. The molecule has 0 aliphatic heterocycles. The first kappa shape index (κ1) is 17.0. The standard InChI is InChI=1S/C16H23NO4/c1-11(18)6-7-12-8-9-13(14(10-12)20-5)17-15(19)21-16(2,3)4/h8-10H,6-7H2,1-5H3,(H,17,19). The summed E-state index contributed by atoms with van der Waals surface area (Å²) in [5, 5.41) is 2.66.